The molecule has 3 aromatic carbocycles. The fourth-order valence-electron chi connectivity index (χ4n) is 3.34. The van der Waals surface area contributed by atoms with Crippen molar-refractivity contribution in [3.05, 3.63) is 77.4 Å². The molecule has 1 amide bonds. The Labute approximate surface area is 187 Å². The molecule has 0 aliphatic heterocycles. The van der Waals surface area contributed by atoms with Gasteiger partial charge in [0.1, 0.15) is 5.75 Å². The van der Waals surface area contributed by atoms with E-state index in [4.69, 9.17) is 9.88 Å². The first kappa shape index (κ1) is 23.6. The molecule has 32 heavy (non-hydrogen) atoms. The maximum atomic E-state index is 13.4. The number of nitrogens with one attached hydrogen (secondary N) is 1. The zero-order valence-corrected chi connectivity index (χ0v) is 18.6. The Morgan fingerprint density at radius 1 is 1.06 bits per heavy atom. The van der Waals surface area contributed by atoms with Gasteiger partial charge >= 0.3 is 6.18 Å². The van der Waals surface area contributed by atoms with Gasteiger partial charge in [0.25, 0.3) is 5.91 Å². The summed E-state index contributed by atoms with van der Waals surface area (Å²) in [4.78, 5) is 13.6. The molecule has 3 N–H and O–H groups in total. The summed E-state index contributed by atoms with van der Waals surface area (Å²) in [5.74, 6) is 0.175. The minimum atomic E-state index is -4.47. The molecule has 0 saturated heterocycles. The Kier molecular flexibility index (Phi) is 7.06. The molecular weight excluding hydrogens is 437 g/mol. The predicted octanol–water partition coefficient (Wildman–Crippen LogP) is 6.27. The van der Waals surface area contributed by atoms with Gasteiger partial charge in [-0.25, -0.2) is 0 Å². The van der Waals surface area contributed by atoms with E-state index in [1.807, 2.05) is 12.3 Å². The van der Waals surface area contributed by atoms with Gasteiger partial charge in [-0.2, -0.15) is 13.2 Å². The average molecular weight is 461 g/mol. The summed E-state index contributed by atoms with van der Waals surface area (Å²) in [7, 11) is 0.942. The lowest BCUT2D eigenvalue weighted by molar-refractivity contribution is -0.137. The Morgan fingerprint density at radius 3 is 2.41 bits per heavy atom. The molecule has 0 spiro atoms. The summed E-state index contributed by atoms with van der Waals surface area (Å²) in [6, 6.07) is 15.2. The van der Waals surface area contributed by atoms with Gasteiger partial charge in [-0.3, -0.25) is 9.93 Å². The van der Waals surface area contributed by atoms with E-state index in [1.165, 1.54) is 31.4 Å². The zero-order chi connectivity index (χ0) is 23.5. The van der Waals surface area contributed by atoms with Crippen molar-refractivity contribution in [3.8, 4) is 16.9 Å². The molecule has 0 saturated carbocycles. The first-order valence-corrected chi connectivity index (χ1v) is 11.0. The van der Waals surface area contributed by atoms with Gasteiger partial charge in [-0.15, -0.1) is 0 Å². The van der Waals surface area contributed by atoms with E-state index in [2.05, 4.69) is 5.32 Å². The van der Waals surface area contributed by atoms with Crippen molar-refractivity contribution in [2.24, 2.45) is 5.14 Å². The smallest absolute Gasteiger partial charge is 0.417 e. The number of aryl methyl sites for hydroxylation is 1. The fraction of sp³-hybridized carbons (Fsp3) is 0.167. The monoisotopic (exact) mass is 460 g/mol. The first-order chi connectivity index (χ1) is 15.2. The van der Waals surface area contributed by atoms with E-state index in [9.17, 15) is 18.0 Å². The third-order valence-electron chi connectivity index (χ3n) is 4.94. The highest BCUT2D eigenvalue weighted by atomic mass is 32.2. The van der Waals surface area contributed by atoms with Crippen LogP contribution >= 0.6 is 10.7 Å². The number of rotatable bonds is 5. The van der Waals surface area contributed by atoms with Crippen LogP contribution in [0, 0.1) is 6.92 Å². The van der Waals surface area contributed by atoms with Gasteiger partial charge in [0.15, 0.2) is 0 Å². The second-order valence-corrected chi connectivity index (χ2v) is 8.66. The molecule has 4 nitrogen and oxygen atoms in total. The number of halogens is 3. The summed E-state index contributed by atoms with van der Waals surface area (Å²) in [5, 5.41) is 10.7. The van der Waals surface area contributed by atoms with Crippen LogP contribution in [0.15, 0.2) is 65.6 Å². The maximum Gasteiger partial charge on any atom is 0.417 e. The minimum absolute atomic E-state index is 0.0784. The molecule has 0 heterocycles. The number of anilines is 1. The van der Waals surface area contributed by atoms with Crippen LogP contribution in [0.4, 0.5) is 18.9 Å². The molecule has 0 aromatic heterocycles. The number of carbonyl (C=O) groups excluding carboxylic acids is 1. The third kappa shape index (κ3) is 5.03. The zero-order valence-electron chi connectivity index (χ0n) is 17.8. The van der Waals surface area contributed by atoms with Crippen molar-refractivity contribution in [2.45, 2.75) is 24.9 Å². The fourth-order valence-corrected chi connectivity index (χ4v) is 4.20. The van der Waals surface area contributed by atoms with Crippen molar-refractivity contribution in [2.75, 3.05) is 12.4 Å². The van der Waals surface area contributed by atoms with Crippen molar-refractivity contribution >= 4 is 27.6 Å². The third-order valence-corrected chi connectivity index (χ3v) is 6.29. The van der Waals surface area contributed by atoms with Gasteiger partial charge in [0.05, 0.1) is 17.6 Å². The van der Waals surface area contributed by atoms with Crippen molar-refractivity contribution in [3.63, 3.8) is 0 Å². The Morgan fingerprint density at radius 2 is 1.78 bits per heavy atom. The number of amides is 1. The van der Waals surface area contributed by atoms with Crippen LogP contribution in [0.25, 0.3) is 11.1 Å². The normalized spacial score (nSPS) is 12.5. The van der Waals surface area contributed by atoms with Gasteiger partial charge < -0.3 is 10.1 Å². The number of carbonyl (C=O) groups is 1. The molecule has 1 atom stereocenters. The van der Waals surface area contributed by atoms with E-state index in [1.54, 1.807) is 37.3 Å². The van der Waals surface area contributed by atoms with Crippen LogP contribution in [-0.4, -0.2) is 18.4 Å². The predicted molar refractivity (Wildman–Crippen MR) is 124 cm³/mol. The largest absolute Gasteiger partial charge is 0.495 e. The molecular formula is C24H23F3N2O2S. The summed E-state index contributed by atoms with van der Waals surface area (Å²) in [6.07, 6.45) is -4.47. The molecule has 0 aliphatic rings. The van der Waals surface area contributed by atoms with Crippen LogP contribution in [0.5, 0.6) is 5.75 Å². The minimum Gasteiger partial charge on any atom is -0.495 e. The Balaban J connectivity index is 1.89. The quantitative estimate of drug-likeness (QED) is 0.442. The molecule has 1 unspecified atom stereocenters. The van der Waals surface area contributed by atoms with E-state index in [-0.39, 0.29) is 11.5 Å². The molecule has 0 aliphatic carbocycles. The SMILES string of the molecule is C/C=S(\N)c1ccc(NC(=O)c2ccc(-c3ccccc3C(F)(F)F)c(C)c2)cc1OC. The standard InChI is InChI=1S/C24H23F3N2O2S/c1-4-32(28)22-12-10-17(14-21(22)31-3)29-23(30)16-9-11-18(15(2)13-16)19-7-5-6-8-20(19)24(25,26)27/h4-14H,28H2,1-3H3,(H,29,30). The first-order valence-electron chi connectivity index (χ1n) is 9.69. The number of benzene rings is 3. The summed E-state index contributed by atoms with van der Waals surface area (Å²) in [6.45, 7) is 3.54. The van der Waals surface area contributed by atoms with Crippen LogP contribution in [0.2, 0.25) is 0 Å². The average Bonchev–Trinajstić information content (AvgIpc) is 2.77. The number of methoxy groups -OCH3 is 1. The molecule has 3 aromatic rings. The highest BCUT2D eigenvalue weighted by molar-refractivity contribution is 8.13. The van der Waals surface area contributed by atoms with Crippen LogP contribution < -0.4 is 15.2 Å². The van der Waals surface area contributed by atoms with Gasteiger partial charge in [0.2, 0.25) is 0 Å². The topological polar surface area (TPSA) is 64.3 Å². The summed E-state index contributed by atoms with van der Waals surface area (Å²) >= 11 is 0. The Hall–Kier alpha value is -3.10. The molecule has 0 radical (unpaired) electrons. The summed E-state index contributed by atoms with van der Waals surface area (Å²) < 4.78 is 45.6. The van der Waals surface area contributed by atoms with E-state index in [0.29, 0.717) is 28.1 Å². The van der Waals surface area contributed by atoms with Crippen molar-refractivity contribution in [1.29, 1.82) is 0 Å². The lowest BCUT2D eigenvalue weighted by Gasteiger charge is -2.15. The lowest BCUT2D eigenvalue weighted by atomic mass is 9.94. The highest BCUT2D eigenvalue weighted by Gasteiger charge is 2.33. The number of hydrogen-bond acceptors (Lipinski definition) is 3. The van der Waals surface area contributed by atoms with E-state index < -0.39 is 22.4 Å². The molecule has 168 valence electrons. The lowest BCUT2D eigenvalue weighted by Crippen LogP contribution is -2.12. The van der Waals surface area contributed by atoms with Crippen molar-refractivity contribution < 1.29 is 22.7 Å². The number of alkyl halides is 3. The van der Waals surface area contributed by atoms with Gasteiger partial charge in [-0.05, 0) is 66.2 Å². The van der Waals surface area contributed by atoms with Crippen LogP contribution in [0.1, 0.15) is 28.4 Å². The van der Waals surface area contributed by atoms with E-state index in [0.717, 1.165) is 11.0 Å². The molecule has 3 rings (SSSR count). The number of nitrogens with two attached hydrogens (primary N) is 1. The molecule has 8 heteroatoms. The number of ether oxygens (including phenoxy) is 1. The van der Waals surface area contributed by atoms with Gasteiger partial charge in [-0.1, -0.05) is 34.9 Å². The second-order valence-electron chi connectivity index (χ2n) is 7.00. The van der Waals surface area contributed by atoms with Crippen LogP contribution in [0.3, 0.4) is 0 Å². The second kappa shape index (κ2) is 9.58. The molecule has 0 bridgehead atoms. The highest BCUT2D eigenvalue weighted by Crippen LogP contribution is 2.38. The molecule has 0 fully saturated rings. The summed E-state index contributed by atoms with van der Waals surface area (Å²) in [5.41, 5.74) is 1.21. The van der Waals surface area contributed by atoms with E-state index >= 15 is 0 Å². The number of hydrogen-bond donors (Lipinski definition) is 2. The Bertz CT molecular complexity index is 1190. The van der Waals surface area contributed by atoms with Gasteiger partial charge in [0, 0.05) is 17.3 Å². The van der Waals surface area contributed by atoms with Crippen LogP contribution in [-0.2, 0) is 6.18 Å². The maximum absolute atomic E-state index is 13.4. The van der Waals surface area contributed by atoms with Crippen molar-refractivity contribution in [1.82, 2.24) is 0 Å².